The fourth-order valence-electron chi connectivity index (χ4n) is 2.73. The molecule has 0 amide bonds. The van der Waals surface area contributed by atoms with Crippen molar-refractivity contribution in [3.8, 4) is 17.2 Å². The lowest BCUT2D eigenvalue weighted by Gasteiger charge is -2.28. The van der Waals surface area contributed by atoms with Crippen molar-refractivity contribution in [3.63, 3.8) is 0 Å². The monoisotopic (exact) mass is 279 g/mol. The number of methoxy groups -OCH3 is 1. The normalized spacial score (nSPS) is 24.7. The van der Waals surface area contributed by atoms with Crippen molar-refractivity contribution in [2.24, 2.45) is 0 Å². The number of benzene rings is 1. The summed E-state index contributed by atoms with van der Waals surface area (Å²) < 4.78 is 21.8. The lowest BCUT2D eigenvalue weighted by molar-refractivity contribution is 0.0130. The maximum Gasteiger partial charge on any atom is 0.231 e. The third-order valence-electron chi connectivity index (χ3n) is 3.80. The summed E-state index contributed by atoms with van der Waals surface area (Å²) in [4.78, 5) is 0. The van der Waals surface area contributed by atoms with E-state index in [9.17, 15) is 0 Å². The van der Waals surface area contributed by atoms with Crippen LogP contribution in [-0.4, -0.2) is 32.7 Å². The van der Waals surface area contributed by atoms with Crippen LogP contribution in [0.2, 0.25) is 0 Å². The molecule has 0 aromatic heterocycles. The van der Waals surface area contributed by atoms with Crippen LogP contribution in [0, 0.1) is 0 Å². The second-order valence-electron chi connectivity index (χ2n) is 5.32. The van der Waals surface area contributed by atoms with Crippen LogP contribution < -0.4 is 19.5 Å². The third-order valence-corrected chi connectivity index (χ3v) is 3.80. The second kappa shape index (κ2) is 5.89. The molecule has 2 aliphatic rings. The molecule has 2 atom stereocenters. The zero-order valence-electron chi connectivity index (χ0n) is 12.0. The summed E-state index contributed by atoms with van der Waals surface area (Å²) in [7, 11) is 1.65. The van der Waals surface area contributed by atoms with Crippen LogP contribution in [0.15, 0.2) is 12.1 Å². The average Bonchev–Trinajstić information content (AvgIpc) is 2.92. The maximum absolute atomic E-state index is 5.56. The Balaban J connectivity index is 1.65. The van der Waals surface area contributed by atoms with Gasteiger partial charge in [0.25, 0.3) is 0 Å². The summed E-state index contributed by atoms with van der Waals surface area (Å²) >= 11 is 0. The largest absolute Gasteiger partial charge is 0.493 e. The molecule has 2 aliphatic heterocycles. The molecule has 1 aromatic carbocycles. The Hall–Kier alpha value is -1.46. The fourth-order valence-corrected chi connectivity index (χ4v) is 2.73. The minimum Gasteiger partial charge on any atom is -0.493 e. The van der Waals surface area contributed by atoms with E-state index < -0.39 is 0 Å². The first-order valence-corrected chi connectivity index (χ1v) is 7.07. The number of hydrogen-bond donors (Lipinski definition) is 1. The van der Waals surface area contributed by atoms with Gasteiger partial charge in [0.05, 0.1) is 13.2 Å². The van der Waals surface area contributed by atoms with Crippen molar-refractivity contribution in [2.75, 3.05) is 20.5 Å². The first-order chi connectivity index (χ1) is 9.76. The Bertz CT molecular complexity index is 477. The topological polar surface area (TPSA) is 49.0 Å². The van der Waals surface area contributed by atoms with E-state index in [-0.39, 0.29) is 6.79 Å². The quantitative estimate of drug-likeness (QED) is 0.914. The van der Waals surface area contributed by atoms with Crippen molar-refractivity contribution in [1.29, 1.82) is 0 Å². The molecule has 1 N–H and O–H groups in total. The van der Waals surface area contributed by atoms with Gasteiger partial charge in [0.1, 0.15) is 0 Å². The Kier molecular flexibility index (Phi) is 3.98. The van der Waals surface area contributed by atoms with E-state index in [2.05, 4.69) is 12.2 Å². The van der Waals surface area contributed by atoms with Gasteiger partial charge in [0.2, 0.25) is 12.5 Å². The van der Waals surface area contributed by atoms with E-state index in [4.69, 9.17) is 18.9 Å². The Labute approximate surface area is 119 Å². The maximum atomic E-state index is 5.56. The Morgan fingerprint density at radius 1 is 1.35 bits per heavy atom. The predicted octanol–water partition coefficient (Wildman–Crippen LogP) is 2.08. The molecule has 110 valence electrons. The summed E-state index contributed by atoms with van der Waals surface area (Å²) in [5.41, 5.74) is 1.14. The first kappa shape index (κ1) is 13.5. The molecule has 20 heavy (non-hydrogen) atoms. The third kappa shape index (κ3) is 2.83. The number of fused-ring (bicyclic) bond motifs is 1. The van der Waals surface area contributed by atoms with Gasteiger partial charge < -0.3 is 24.3 Å². The van der Waals surface area contributed by atoms with E-state index in [1.165, 1.54) is 0 Å². The summed E-state index contributed by atoms with van der Waals surface area (Å²) in [6, 6.07) is 4.53. The van der Waals surface area contributed by atoms with Gasteiger partial charge in [-0.2, -0.15) is 0 Å². The molecule has 2 unspecified atom stereocenters. The number of ether oxygens (including phenoxy) is 4. The van der Waals surface area contributed by atoms with Gasteiger partial charge in [-0.1, -0.05) is 0 Å². The van der Waals surface area contributed by atoms with Gasteiger partial charge in [-0.05, 0) is 37.5 Å². The van der Waals surface area contributed by atoms with E-state index in [0.29, 0.717) is 17.9 Å². The van der Waals surface area contributed by atoms with Crippen LogP contribution in [-0.2, 0) is 11.3 Å². The minimum absolute atomic E-state index is 0.264. The zero-order valence-corrected chi connectivity index (χ0v) is 12.0. The Morgan fingerprint density at radius 2 is 2.25 bits per heavy atom. The molecule has 0 bridgehead atoms. The predicted molar refractivity (Wildman–Crippen MR) is 74.4 cm³/mol. The SMILES string of the molecule is COc1cc(CNC2CCOC(C)C2)cc2c1OCO2. The molecule has 1 saturated heterocycles. The molecule has 3 rings (SSSR count). The molecule has 0 saturated carbocycles. The van der Waals surface area contributed by atoms with E-state index >= 15 is 0 Å². The van der Waals surface area contributed by atoms with Gasteiger partial charge in [-0.15, -0.1) is 0 Å². The van der Waals surface area contributed by atoms with Crippen LogP contribution >= 0.6 is 0 Å². The molecule has 0 aliphatic carbocycles. The van der Waals surface area contributed by atoms with Crippen molar-refractivity contribution in [3.05, 3.63) is 17.7 Å². The summed E-state index contributed by atoms with van der Waals surface area (Å²) in [5.74, 6) is 2.20. The second-order valence-corrected chi connectivity index (χ2v) is 5.32. The van der Waals surface area contributed by atoms with E-state index in [1.54, 1.807) is 7.11 Å². The highest BCUT2D eigenvalue weighted by atomic mass is 16.7. The highest BCUT2D eigenvalue weighted by Crippen LogP contribution is 2.41. The summed E-state index contributed by atoms with van der Waals surface area (Å²) in [5, 5.41) is 3.58. The van der Waals surface area contributed by atoms with Gasteiger partial charge in [0.15, 0.2) is 11.5 Å². The lowest BCUT2D eigenvalue weighted by atomic mass is 10.0. The molecule has 2 heterocycles. The van der Waals surface area contributed by atoms with Gasteiger partial charge in [-0.25, -0.2) is 0 Å². The van der Waals surface area contributed by atoms with Crippen LogP contribution in [0.4, 0.5) is 0 Å². The van der Waals surface area contributed by atoms with Crippen molar-refractivity contribution in [1.82, 2.24) is 5.32 Å². The van der Waals surface area contributed by atoms with Crippen LogP contribution in [0.25, 0.3) is 0 Å². The molecule has 5 nitrogen and oxygen atoms in total. The van der Waals surface area contributed by atoms with Crippen molar-refractivity contribution < 1.29 is 18.9 Å². The van der Waals surface area contributed by atoms with Crippen molar-refractivity contribution in [2.45, 2.75) is 38.5 Å². The molecule has 1 fully saturated rings. The van der Waals surface area contributed by atoms with Crippen LogP contribution in [0.5, 0.6) is 17.2 Å². The van der Waals surface area contributed by atoms with E-state index in [0.717, 1.165) is 43.1 Å². The number of nitrogens with one attached hydrogen (secondary N) is 1. The minimum atomic E-state index is 0.264. The van der Waals surface area contributed by atoms with Gasteiger partial charge in [-0.3, -0.25) is 0 Å². The standard InChI is InChI=1S/C15H21NO4/c1-10-5-12(3-4-18-10)16-8-11-6-13(17-2)15-14(7-11)19-9-20-15/h6-7,10,12,16H,3-5,8-9H2,1-2H3. The summed E-state index contributed by atoms with van der Waals surface area (Å²) in [6.07, 6.45) is 2.46. The molecular weight excluding hydrogens is 258 g/mol. The van der Waals surface area contributed by atoms with Crippen LogP contribution in [0.3, 0.4) is 0 Å². The highest BCUT2D eigenvalue weighted by Gasteiger charge is 2.22. The van der Waals surface area contributed by atoms with E-state index in [1.807, 2.05) is 12.1 Å². The van der Waals surface area contributed by atoms with Crippen molar-refractivity contribution >= 4 is 0 Å². The molecule has 0 spiro atoms. The zero-order chi connectivity index (χ0) is 13.9. The average molecular weight is 279 g/mol. The molecule has 0 radical (unpaired) electrons. The number of hydrogen-bond acceptors (Lipinski definition) is 5. The summed E-state index contributed by atoms with van der Waals surface area (Å²) in [6.45, 7) is 4.02. The molecule has 5 heteroatoms. The molecule has 1 aromatic rings. The number of rotatable bonds is 4. The van der Waals surface area contributed by atoms with Crippen LogP contribution in [0.1, 0.15) is 25.3 Å². The Morgan fingerprint density at radius 3 is 3.05 bits per heavy atom. The highest BCUT2D eigenvalue weighted by molar-refractivity contribution is 5.55. The lowest BCUT2D eigenvalue weighted by Crippen LogP contribution is -2.37. The van der Waals surface area contributed by atoms with Gasteiger partial charge >= 0.3 is 0 Å². The first-order valence-electron chi connectivity index (χ1n) is 7.07. The fraction of sp³-hybridized carbons (Fsp3) is 0.600. The smallest absolute Gasteiger partial charge is 0.231 e. The van der Waals surface area contributed by atoms with Gasteiger partial charge in [0, 0.05) is 19.2 Å². The molecular formula is C15H21NO4.